The minimum atomic E-state index is -3.67. The lowest BCUT2D eigenvalue weighted by molar-refractivity contribution is -0.120. The molecule has 1 amide bonds. The highest BCUT2D eigenvalue weighted by Gasteiger charge is 2.33. The maximum absolute atomic E-state index is 13.1. The van der Waals surface area contributed by atoms with Crippen LogP contribution >= 0.6 is 0 Å². The highest BCUT2D eigenvalue weighted by atomic mass is 32.2. The van der Waals surface area contributed by atoms with Crippen LogP contribution in [0.25, 0.3) is 11.0 Å². The summed E-state index contributed by atoms with van der Waals surface area (Å²) in [7, 11) is -2.14. The number of benzene rings is 2. The number of carbonyl (C=O) groups is 1. The third-order valence-electron chi connectivity index (χ3n) is 6.71. The number of hydrogen-bond donors (Lipinski definition) is 2. The third kappa shape index (κ3) is 4.35. The van der Waals surface area contributed by atoms with Crippen molar-refractivity contribution in [3.63, 3.8) is 0 Å². The summed E-state index contributed by atoms with van der Waals surface area (Å²) in [5.41, 5.74) is 2.48. The molecule has 2 aromatic carbocycles. The number of methoxy groups -OCH3 is 1. The van der Waals surface area contributed by atoms with Crippen LogP contribution in [0.4, 0.5) is 5.69 Å². The average molecular weight is 469 g/mol. The van der Waals surface area contributed by atoms with Crippen LogP contribution in [0.5, 0.6) is 5.75 Å². The Morgan fingerprint density at radius 3 is 2.61 bits per heavy atom. The van der Waals surface area contributed by atoms with Gasteiger partial charge in [-0.25, -0.2) is 13.4 Å². The second-order valence-electron chi connectivity index (χ2n) is 8.85. The van der Waals surface area contributed by atoms with E-state index in [9.17, 15) is 13.2 Å². The van der Waals surface area contributed by atoms with Gasteiger partial charge in [-0.1, -0.05) is 6.42 Å². The van der Waals surface area contributed by atoms with Crippen LogP contribution in [-0.2, 0) is 14.8 Å². The second kappa shape index (κ2) is 8.79. The minimum absolute atomic E-state index is 0.164. The topological polar surface area (TPSA) is 104 Å². The quantitative estimate of drug-likeness (QED) is 0.571. The molecular formula is C24H28N4O4S. The van der Waals surface area contributed by atoms with Gasteiger partial charge in [-0.3, -0.25) is 4.79 Å². The monoisotopic (exact) mass is 468 g/mol. The predicted molar refractivity (Wildman–Crippen MR) is 126 cm³/mol. The first-order chi connectivity index (χ1) is 15.9. The van der Waals surface area contributed by atoms with Crippen LogP contribution in [0, 0.1) is 5.92 Å². The number of H-pyrrole nitrogens is 1. The summed E-state index contributed by atoms with van der Waals surface area (Å²) < 4.78 is 32.7. The van der Waals surface area contributed by atoms with Gasteiger partial charge in [-0.05, 0) is 68.1 Å². The smallest absolute Gasteiger partial charge is 0.243 e. The molecule has 8 nitrogen and oxygen atoms in total. The maximum atomic E-state index is 13.1. The Bertz CT molecular complexity index is 1270. The number of nitrogens with zero attached hydrogens (tertiary/aromatic N) is 2. The Morgan fingerprint density at radius 2 is 1.91 bits per heavy atom. The van der Waals surface area contributed by atoms with Gasteiger partial charge in [0.2, 0.25) is 15.9 Å². The lowest BCUT2D eigenvalue weighted by atomic mass is 9.85. The number of aromatic amines is 1. The predicted octanol–water partition coefficient (Wildman–Crippen LogP) is 3.88. The molecule has 0 radical (unpaired) electrons. The molecule has 2 aliphatic rings. The first-order valence-electron chi connectivity index (χ1n) is 11.4. The van der Waals surface area contributed by atoms with Crippen LogP contribution < -0.4 is 10.1 Å². The van der Waals surface area contributed by atoms with Gasteiger partial charge in [0.15, 0.2) is 0 Å². The standard InChI is InChI=1S/C24H28N4O4S/c1-32-19-8-10-20(11-9-19)33(30,31)28-13-3-6-17(15-28)24(29)25-18-7-12-21-22(14-18)27-23(26-21)16-4-2-5-16/h7-12,14,16-17H,2-6,13,15H2,1H3,(H,25,29)(H,26,27). The zero-order valence-corrected chi connectivity index (χ0v) is 19.4. The number of aromatic nitrogens is 2. The van der Waals surface area contributed by atoms with Crippen LogP contribution in [0.3, 0.4) is 0 Å². The summed E-state index contributed by atoms with van der Waals surface area (Å²) in [4.78, 5) is 21.3. The van der Waals surface area contributed by atoms with E-state index in [0.29, 0.717) is 36.7 Å². The largest absolute Gasteiger partial charge is 0.497 e. The summed E-state index contributed by atoms with van der Waals surface area (Å²) in [5.74, 6) is 1.55. The van der Waals surface area contributed by atoms with Gasteiger partial charge in [0.1, 0.15) is 11.6 Å². The van der Waals surface area contributed by atoms with Crippen molar-refractivity contribution in [1.29, 1.82) is 0 Å². The third-order valence-corrected chi connectivity index (χ3v) is 8.59. The van der Waals surface area contributed by atoms with E-state index >= 15 is 0 Å². The number of imidazole rings is 1. The molecule has 2 fully saturated rings. The van der Waals surface area contributed by atoms with Crippen molar-refractivity contribution >= 4 is 32.7 Å². The summed E-state index contributed by atoms with van der Waals surface area (Å²) in [5, 5.41) is 2.97. The zero-order chi connectivity index (χ0) is 23.0. The number of carbonyl (C=O) groups excluding carboxylic acids is 1. The molecule has 2 heterocycles. The van der Waals surface area contributed by atoms with Gasteiger partial charge in [-0.2, -0.15) is 4.31 Å². The molecule has 0 spiro atoms. The number of nitrogens with one attached hydrogen (secondary N) is 2. The van der Waals surface area contributed by atoms with Crippen LogP contribution in [0.2, 0.25) is 0 Å². The number of fused-ring (bicyclic) bond motifs is 1. The molecule has 1 aromatic heterocycles. The van der Waals surface area contributed by atoms with Crippen LogP contribution in [0.1, 0.15) is 43.8 Å². The summed E-state index contributed by atoms with van der Waals surface area (Å²) in [6.07, 6.45) is 4.87. The van der Waals surface area contributed by atoms with Crippen LogP contribution in [0.15, 0.2) is 47.4 Å². The van der Waals surface area contributed by atoms with E-state index in [4.69, 9.17) is 4.74 Å². The molecule has 5 rings (SSSR count). The number of hydrogen-bond acceptors (Lipinski definition) is 5. The normalized spacial score (nSPS) is 19.8. The van der Waals surface area contributed by atoms with E-state index in [-0.39, 0.29) is 17.3 Å². The zero-order valence-electron chi connectivity index (χ0n) is 18.6. The van der Waals surface area contributed by atoms with Gasteiger partial charge in [0.05, 0.1) is 29.0 Å². The lowest BCUT2D eigenvalue weighted by Crippen LogP contribution is -2.43. The average Bonchev–Trinajstić information content (AvgIpc) is 3.20. The van der Waals surface area contributed by atoms with Crippen molar-refractivity contribution < 1.29 is 17.9 Å². The molecule has 33 heavy (non-hydrogen) atoms. The van der Waals surface area contributed by atoms with E-state index in [1.807, 2.05) is 18.2 Å². The summed E-state index contributed by atoms with van der Waals surface area (Å²) in [6.45, 7) is 0.570. The molecule has 2 N–H and O–H groups in total. The number of rotatable bonds is 6. The minimum Gasteiger partial charge on any atom is -0.497 e. The molecule has 1 aliphatic carbocycles. The van der Waals surface area contributed by atoms with Gasteiger partial charge in [-0.15, -0.1) is 0 Å². The fourth-order valence-electron chi connectivity index (χ4n) is 4.50. The van der Waals surface area contributed by atoms with Crippen LogP contribution in [-0.4, -0.2) is 48.8 Å². The van der Waals surface area contributed by atoms with Crippen molar-refractivity contribution in [3.05, 3.63) is 48.3 Å². The first kappa shape index (κ1) is 21.9. The molecular weight excluding hydrogens is 440 g/mol. The van der Waals surface area contributed by atoms with E-state index in [1.54, 1.807) is 12.1 Å². The number of piperidine rings is 1. The molecule has 1 saturated carbocycles. The number of amides is 1. The molecule has 9 heteroatoms. The number of ether oxygens (including phenoxy) is 1. The Kier molecular flexibility index (Phi) is 5.84. The highest BCUT2D eigenvalue weighted by Crippen LogP contribution is 2.35. The van der Waals surface area contributed by atoms with Gasteiger partial charge >= 0.3 is 0 Å². The van der Waals surface area contributed by atoms with E-state index < -0.39 is 15.9 Å². The van der Waals surface area contributed by atoms with Crippen molar-refractivity contribution in [2.24, 2.45) is 5.92 Å². The van der Waals surface area contributed by atoms with Gasteiger partial charge in [0, 0.05) is 24.7 Å². The second-order valence-corrected chi connectivity index (χ2v) is 10.8. The summed E-state index contributed by atoms with van der Waals surface area (Å²) in [6, 6.07) is 12.0. The molecule has 1 unspecified atom stereocenters. The highest BCUT2D eigenvalue weighted by molar-refractivity contribution is 7.89. The number of sulfonamides is 1. The summed E-state index contributed by atoms with van der Waals surface area (Å²) >= 11 is 0. The van der Waals surface area contributed by atoms with Gasteiger partial charge < -0.3 is 15.0 Å². The molecule has 3 aromatic rings. The molecule has 1 saturated heterocycles. The Hall–Kier alpha value is -2.91. The molecule has 174 valence electrons. The fraction of sp³-hybridized carbons (Fsp3) is 0.417. The van der Waals surface area contributed by atoms with E-state index in [1.165, 1.54) is 42.8 Å². The first-order valence-corrected chi connectivity index (χ1v) is 12.8. The Balaban J connectivity index is 1.27. The number of anilines is 1. The lowest BCUT2D eigenvalue weighted by Gasteiger charge is -2.31. The molecule has 1 aliphatic heterocycles. The fourth-order valence-corrected chi connectivity index (χ4v) is 6.02. The molecule has 0 bridgehead atoms. The van der Waals surface area contributed by atoms with Crippen molar-refractivity contribution in [2.45, 2.75) is 42.9 Å². The maximum Gasteiger partial charge on any atom is 0.243 e. The van der Waals surface area contributed by atoms with Crippen molar-refractivity contribution in [3.8, 4) is 5.75 Å². The van der Waals surface area contributed by atoms with Crippen molar-refractivity contribution in [2.75, 3.05) is 25.5 Å². The van der Waals surface area contributed by atoms with Crippen molar-refractivity contribution in [1.82, 2.24) is 14.3 Å². The van der Waals surface area contributed by atoms with E-state index in [0.717, 1.165) is 16.9 Å². The van der Waals surface area contributed by atoms with E-state index in [2.05, 4.69) is 15.3 Å². The SMILES string of the molecule is COc1ccc(S(=O)(=O)N2CCCC(C(=O)Nc3ccc4nc(C5CCC5)[nH]c4c3)C2)cc1. The molecule has 1 atom stereocenters. The van der Waals surface area contributed by atoms with Gasteiger partial charge in [0.25, 0.3) is 0 Å². The Labute approximate surface area is 193 Å². The Morgan fingerprint density at radius 1 is 1.12 bits per heavy atom.